The van der Waals surface area contributed by atoms with Gasteiger partial charge in [0.1, 0.15) is 0 Å². The average molecular weight is 552 g/mol. The predicted octanol–water partition coefficient (Wildman–Crippen LogP) is 7.06. The summed E-state index contributed by atoms with van der Waals surface area (Å²) in [6.45, 7) is 0. The number of nitrogens with zero attached hydrogens (tertiary/aromatic N) is 5. The zero-order valence-electron chi connectivity index (χ0n) is 20.1. The molecule has 8 rings (SSSR count). The summed E-state index contributed by atoms with van der Waals surface area (Å²) in [5, 5.41) is 5.02. The van der Waals surface area contributed by atoms with Gasteiger partial charge in [0.05, 0.1) is 0 Å². The predicted molar refractivity (Wildman–Crippen MR) is 155 cm³/mol. The molecule has 0 aliphatic rings. The van der Waals surface area contributed by atoms with E-state index in [9.17, 15) is 0 Å². The Bertz CT molecular complexity index is 2070. The average Bonchev–Trinajstić information content (AvgIpc) is 3.53. The maximum atomic E-state index is 5.03. The van der Waals surface area contributed by atoms with Gasteiger partial charge in [-0.25, -0.2) is 0 Å². The second-order valence-corrected chi connectivity index (χ2v) is 11.4. The van der Waals surface area contributed by atoms with Crippen LogP contribution >= 0.6 is 0 Å². The quantitative estimate of drug-likeness (QED) is 0.220. The molecular weight excluding hydrogens is 533 g/mol. The van der Waals surface area contributed by atoms with Crippen LogP contribution in [-0.4, -0.2) is 39.0 Å². The van der Waals surface area contributed by atoms with Crippen molar-refractivity contribution in [3.8, 4) is 28.7 Å². The Hall–Kier alpha value is -4.64. The van der Waals surface area contributed by atoms with Crippen molar-refractivity contribution in [3.63, 3.8) is 0 Å². The van der Waals surface area contributed by atoms with Crippen molar-refractivity contribution in [1.29, 1.82) is 0 Å². The van der Waals surface area contributed by atoms with Gasteiger partial charge >= 0.3 is 224 Å². The third-order valence-corrected chi connectivity index (χ3v) is 9.49. The van der Waals surface area contributed by atoms with Gasteiger partial charge in [-0.2, -0.15) is 0 Å². The number of benzene rings is 4. The summed E-state index contributed by atoms with van der Waals surface area (Å²) in [4.78, 5) is 19.5. The van der Waals surface area contributed by atoms with Crippen molar-refractivity contribution < 1.29 is 0 Å². The first kappa shape index (κ1) is 21.4. The van der Waals surface area contributed by atoms with Crippen molar-refractivity contribution in [2.45, 2.75) is 0 Å². The normalized spacial score (nSPS) is 11.7. The van der Waals surface area contributed by atoms with Crippen LogP contribution in [0.5, 0.6) is 0 Å². The molecule has 0 bridgehead atoms. The first-order chi connectivity index (χ1) is 18.8. The van der Waals surface area contributed by atoms with Gasteiger partial charge in [-0.15, -0.1) is 0 Å². The van der Waals surface area contributed by atoms with E-state index in [1.54, 1.807) is 0 Å². The molecule has 0 radical (unpaired) electrons. The summed E-state index contributed by atoms with van der Waals surface area (Å²) in [7, 11) is 0. The van der Waals surface area contributed by atoms with Gasteiger partial charge in [-0.3, -0.25) is 0 Å². The number of fused-ring (bicyclic) bond motifs is 7. The Morgan fingerprint density at radius 1 is 0.553 bits per heavy atom. The van der Waals surface area contributed by atoms with Crippen molar-refractivity contribution in [2.24, 2.45) is 0 Å². The van der Waals surface area contributed by atoms with Gasteiger partial charge in [0.25, 0.3) is 0 Å². The first-order valence-electron chi connectivity index (χ1n) is 12.4. The van der Waals surface area contributed by atoms with Crippen LogP contribution in [-0.2, 0) is 0 Å². The van der Waals surface area contributed by atoms with E-state index in [0.29, 0.717) is 17.6 Å². The molecule has 4 aromatic heterocycles. The van der Waals surface area contributed by atoms with Crippen LogP contribution in [0.1, 0.15) is 0 Å². The molecule has 5 nitrogen and oxygen atoms in total. The van der Waals surface area contributed by atoms with Gasteiger partial charge in [-0.05, 0) is 0 Å². The van der Waals surface area contributed by atoms with Gasteiger partial charge < -0.3 is 0 Å². The molecule has 0 atom stereocenters. The van der Waals surface area contributed by atoms with Crippen LogP contribution in [0.3, 0.4) is 0 Å². The van der Waals surface area contributed by atoms with E-state index in [1.807, 2.05) is 73.1 Å². The summed E-state index contributed by atoms with van der Waals surface area (Å²) >= 11 is 0.212. The monoisotopic (exact) mass is 553 g/mol. The SMILES string of the molecule is c1ccc(-c2nc(-c3ccccc3)nc(-n3c4ccncc4c4c5[se]c6ccccc6c5ccc43)n2)cc1. The summed E-state index contributed by atoms with van der Waals surface area (Å²) in [6.07, 6.45) is 3.82. The Labute approximate surface area is 223 Å². The number of aromatic nitrogens is 5. The Morgan fingerprint density at radius 3 is 1.97 bits per heavy atom. The fraction of sp³-hybridized carbons (Fsp3) is 0. The standard InChI is InChI=1S/C32H19N5Se/c1-3-9-20(10-4-1)30-34-31(21-11-5-2-6-12-21)36-32(35-30)37-25-17-18-33-19-24(25)28-26(37)16-15-23-22-13-7-8-14-27(22)38-29(23)28/h1-19H. The van der Waals surface area contributed by atoms with Gasteiger partial charge in [0.15, 0.2) is 0 Å². The van der Waals surface area contributed by atoms with Crippen LogP contribution in [0.2, 0.25) is 0 Å². The van der Waals surface area contributed by atoms with E-state index in [2.05, 4.69) is 52.0 Å². The molecule has 0 saturated carbocycles. The Morgan fingerprint density at radius 2 is 1.24 bits per heavy atom. The fourth-order valence-electron chi connectivity index (χ4n) is 5.24. The van der Waals surface area contributed by atoms with Crippen molar-refractivity contribution in [2.75, 3.05) is 0 Å². The molecule has 0 N–H and O–H groups in total. The zero-order chi connectivity index (χ0) is 25.1. The molecule has 38 heavy (non-hydrogen) atoms. The molecule has 0 spiro atoms. The number of hydrogen-bond acceptors (Lipinski definition) is 4. The molecule has 0 saturated heterocycles. The molecule has 8 aromatic rings. The Balaban J connectivity index is 1.49. The molecule has 0 amide bonds. The van der Waals surface area contributed by atoms with Crippen molar-refractivity contribution in [3.05, 3.63) is 116 Å². The molecule has 4 heterocycles. The molecule has 0 unspecified atom stereocenters. The zero-order valence-corrected chi connectivity index (χ0v) is 21.8. The second kappa shape index (κ2) is 8.45. The third kappa shape index (κ3) is 3.25. The molecule has 6 heteroatoms. The molecule has 0 fully saturated rings. The first-order valence-corrected chi connectivity index (χ1v) is 14.1. The van der Waals surface area contributed by atoms with E-state index in [0.717, 1.165) is 27.5 Å². The number of rotatable bonds is 3. The van der Waals surface area contributed by atoms with Crippen LogP contribution in [0.15, 0.2) is 116 Å². The van der Waals surface area contributed by atoms with E-state index in [-0.39, 0.29) is 14.5 Å². The van der Waals surface area contributed by atoms with E-state index < -0.39 is 0 Å². The molecule has 0 aliphatic heterocycles. The van der Waals surface area contributed by atoms with E-state index in [1.165, 1.54) is 24.7 Å². The van der Waals surface area contributed by atoms with Crippen LogP contribution in [0.25, 0.3) is 69.8 Å². The van der Waals surface area contributed by atoms with Crippen LogP contribution < -0.4 is 0 Å². The second-order valence-electron chi connectivity index (χ2n) is 9.18. The molecular formula is C32H19N5Se. The molecule has 4 aromatic carbocycles. The maximum absolute atomic E-state index is 5.03. The van der Waals surface area contributed by atoms with Gasteiger partial charge in [-0.1, -0.05) is 0 Å². The molecule has 178 valence electrons. The summed E-state index contributed by atoms with van der Waals surface area (Å²) in [6, 6.07) is 35.5. The number of hydrogen-bond donors (Lipinski definition) is 0. The minimum atomic E-state index is 0.212. The van der Waals surface area contributed by atoms with Crippen molar-refractivity contribution >= 4 is 55.6 Å². The topological polar surface area (TPSA) is 56.5 Å². The fourth-order valence-corrected chi connectivity index (χ4v) is 7.88. The summed E-state index contributed by atoms with van der Waals surface area (Å²) in [5.41, 5.74) is 4.04. The summed E-state index contributed by atoms with van der Waals surface area (Å²) < 4.78 is 4.99. The Kier molecular flexibility index (Phi) is 4.77. The van der Waals surface area contributed by atoms with Crippen LogP contribution in [0.4, 0.5) is 0 Å². The minimum absolute atomic E-state index is 0.212. The van der Waals surface area contributed by atoms with Crippen molar-refractivity contribution in [1.82, 2.24) is 24.5 Å². The molecule has 0 aliphatic carbocycles. The van der Waals surface area contributed by atoms with Crippen LogP contribution in [0, 0.1) is 0 Å². The third-order valence-electron chi connectivity index (χ3n) is 6.96. The van der Waals surface area contributed by atoms with E-state index >= 15 is 0 Å². The van der Waals surface area contributed by atoms with Gasteiger partial charge in [0.2, 0.25) is 0 Å². The summed E-state index contributed by atoms with van der Waals surface area (Å²) in [5.74, 6) is 1.90. The van der Waals surface area contributed by atoms with E-state index in [4.69, 9.17) is 15.0 Å². The van der Waals surface area contributed by atoms with Gasteiger partial charge in [0, 0.05) is 0 Å². The number of pyridine rings is 1.